The van der Waals surface area contributed by atoms with Crippen molar-refractivity contribution in [2.45, 2.75) is 103 Å². The van der Waals surface area contributed by atoms with E-state index < -0.39 is 35.7 Å². The van der Waals surface area contributed by atoms with E-state index in [1.165, 1.54) is 6.42 Å². The standard InChI is InChI=1S/C27H38BClO7/c1-15-17-12-19(15)27(8)20(13-17)35-28(36-27)21(29)14-16-10-9-11-18(23(30)33-25(2,3)4)22(16)32-24(31)34-26(5,6)7/h9-11,15,17,19-21H,12-14H2,1-8H3. The molecule has 0 radical (unpaired) electrons. The minimum absolute atomic E-state index is 0.0225. The number of para-hydroxylation sites is 1. The van der Waals surface area contributed by atoms with Crippen LogP contribution in [-0.4, -0.2) is 47.4 Å². The molecule has 4 fully saturated rings. The number of esters is 1. The second-order valence-electron chi connectivity index (χ2n) is 12.6. The summed E-state index contributed by atoms with van der Waals surface area (Å²) in [6, 6.07) is 5.05. The zero-order chi connectivity index (χ0) is 26.6. The first-order chi connectivity index (χ1) is 16.6. The molecule has 5 rings (SSSR count). The average Bonchev–Trinajstić information content (AvgIpc) is 3.09. The molecule has 2 bridgehead atoms. The first-order valence-corrected chi connectivity index (χ1v) is 13.2. The van der Waals surface area contributed by atoms with Crippen LogP contribution in [0.5, 0.6) is 5.75 Å². The lowest BCUT2D eigenvalue weighted by molar-refractivity contribution is -0.151. The van der Waals surface area contributed by atoms with Gasteiger partial charge in [-0.15, -0.1) is 11.6 Å². The number of halogens is 1. The number of alkyl halides is 1. The fourth-order valence-corrected chi connectivity index (χ4v) is 5.95. The zero-order valence-electron chi connectivity index (χ0n) is 22.6. The van der Waals surface area contributed by atoms with E-state index in [4.69, 9.17) is 35.1 Å². The molecular formula is C27H38BClO7. The van der Waals surface area contributed by atoms with Crippen LogP contribution in [0.1, 0.15) is 84.2 Å². The number of benzene rings is 1. The fourth-order valence-electron chi connectivity index (χ4n) is 5.68. The molecule has 1 aromatic carbocycles. The maximum absolute atomic E-state index is 13.0. The van der Waals surface area contributed by atoms with Crippen LogP contribution in [0.3, 0.4) is 0 Å². The Morgan fingerprint density at radius 1 is 1.14 bits per heavy atom. The summed E-state index contributed by atoms with van der Waals surface area (Å²) in [5, 5.41) is -0.560. The van der Waals surface area contributed by atoms with Crippen molar-refractivity contribution in [2.24, 2.45) is 17.8 Å². The van der Waals surface area contributed by atoms with E-state index in [1.807, 2.05) is 0 Å². The Balaban J connectivity index is 1.56. The molecule has 3 aliphatic carbocycles. The van der Waals surface area contributed by atoms with Crippen LogP contribution in [-0.2, 0) is 25.2 Å². The third-order valence-electron chi connectivity index (χ3n) is 7.50. The van der Waals surface area contributed by atoms with Gasteiger partial charge in [-0.05, 0) is 97.1 Å². The minimum Gasteiger partial charge on any atom is -0.456 e. The van der Waals surface area contributed by atoms with Crippen LogP contribution in [0.15, 0.2) is 18.2 Å². The van der Waals surface area contributed by atoms with Crippen molar-refractivity contribution in [3.63, 3.8) is 0 Å². The van der Waals surface area contributed by atoms with E-state index in [2.05, 4.69) is 13.8 Å². The second-order valence-corrected chi connectivity index (χ2v) is 13.1. The third-order valence-corrected chi connectivity index (χ3v) is 7.86. The van der Waals surface area contributed by atoms with Gasteiger partial charge in [-0.25, -0.2) is 9.59 Å². The van der Waals surface area contributed by atoms with Gasteiger partial charge in [0.2, 0.25) is 0 Å². The van der Waals surface area contributed by atoms with Gasteiger partial charge >= 0.3 is 19.2 Å². The molecule has 0 aromatic heterocycles. The second kappa shape index (κ2) is 9.52. The van der Waals surface area contributed by atoms with Crippen molar-refractivity contribution in [1.29, 1.82) is 0 Å². The summed E-state index contributed by atoms with van der Waals surface area (Å²) in [6.07, 6.45) is 1.52. The van der Waals surface area contributed by atoms with Crippen LogP contribution in [0, 0.1) is 17.8 Å². The van der Waals surface area contributed by atoms with Gasteiger partial charge in [0.25, 0.3) is 0 Å². The Kier molecular flexibility index (Phi) is 7.21. The van der Waals surface area contributed by atoms with Gasteiger partial charge in [0.1, 0.15) is 16.8 Å². The molecule has 36 heavy (non-hydrogen) atoms. The summed E-state index contributed by atoms with van der Waals surface area (Å²) in [6.45, 7) is 15.0. The molecule has 0 N–H and O–H groups in total. The van der Waals surface area contributed by atoms with Gasteiger partial charge in [-0.3, -0.25) is 0 Å². The van der Waals surface area contributed by atoms with Crippen LogP contribution in [0.4, 0.5) is 4.79 Å². The van der Waals surface area contributed by atoms with Crippen molar-refractivity contribution in [2.75, 3.05) is 0 Å². The number of ether oxygens (including phenoxy) is 3. The van der Waals surface area contributed by atoms with E-state index in [1.54, 1.807) is 59.7 Å². The molecule has 0 spiro atoms. The molecule has 0 amide bonds. The third kappa shape index (κ3) is 5.56. The van der Waals surface area contributed by atoms with E-state index >= 15 is 0 Å². The monoisotopic (exact) mass is 520 g/mol. The summed E-state index contributed by atoms with van der Waals surface area (Å²) in [4.78, 5) is 25.6. The van der Waals surface area contributed by atoms with Gasteiger partial charge in [0.05, 0.1) is 17.0 Å². The Morgan fingerprint density at radius 2 is 1.81 bits per heavy atom. The molecule has 4 aliphatic rings. The molecule has 1 heterocycles. The summed E-state index contributed by atoms with van der Waals surface area (Å²) >= 11 is 6.86. The minimum atomic E-state index is -0.911. The van der Waals surface area contributed by atoms with Crippen molar-refractivity contribution in [3.05, 3.63) is 29.3 Å². The van der Waals surface area contributed by atoms with Crippen molar-refractivity contribution >= 4 is 30.8 Å². The van der Waals surface area contributed by atoms with Gasteiger partial charge in [-0.1, -0.05) is 19.1 Å². The van der Waals surface area contributed by atoms with Crippen LogP contribution < -0.4 is 4.74 Å². The lowest BCUT2D eigenvalue weighted by atomic mass is 9.51. The molecule has 6 unspecified atom stereocenters. The molecule has 1 saturated heterocycles. The van der Waals surface area contributed by atoms with Gasteiger partial charge in [0.15, 0.2) is 5.75 Å². The van der Waals surface area contributed by atoms with Gasteiger partial charge in [0, 0.05) is 0 Å². The predicted molar refractivity (Wildman–Crippen MR) is 137 cm³/mol. The highest BCUT2D eigenvalue weighted by Crippen LogP contribution is 2.59. The normalized spacial score (nSPS) is 30.2. The maximum atomic E-state index is 13.0. The topological polar surface area (TPSA) is 80.3 Å². The van der Waals surface area contributed by atoms with Crippen LogP contribution >= 0.6 is 11.6 Å². The van der Waals surface area contributed by atoms with Gasteiger partial charge < -0.3 is 23.5 Å². The van der Waals surface area contributed by atoms with Crippen LogP contribution in [0.25, 0.3) is 0 Å². The average molecular weight is 521 g/mol. The number of hydrogen-bond acceptors (Lipinski definition) is 7. The van der Waals surface area contributed by atoms with Gasteiger partial charge in [-0.2, -0.15) is 0 Å². The van der Waals surface area contributed by atoms with E-state index in [9.17, 15) is 9.59 Å². The van der Waals surface area contributed by atoms with E-state index in [-0.39, 0.29) is 29.4 Å². The molecule has 7 nitrogen and oxygen atoms in total. The molecule has 6 atom stereocenters. The largest absolute Gasteiger partial charge is 0.514 e. The highest BCUT2D eigenvalue weighted by Gasteiger charge is 2.64. The van der Waals surface area contributed by atoms with Crippen LogP contribution in [0.2, 0.25) is 0 Å². The predicted octanol–water partition coefficient (Wildman–Crippen LogP) is 5.98. The zero-order valence-corrected chi connectivity index (χ0v) is 23.3. The smallest absolute Gasteiger partial charge is 0.456 e. The molecule has 9 heteroatoms. The molecule has 198 valence electrons. The Labute approximate surface area is 219 Å². The molecular weight excluding hydrogens is 483 g/mol. The highest BCUT2D eigenvalue weighted by molar-refractivity contribution is 6.60. The van der Waals surface area contributed by atoms with E-state index in [0.29, 0.717) is 23.3 Å². The number of carbonyl (C=O) groups excluding carboxylic acids is 2. The van der Waals surface area contributed by atoms with Crippen molar-refractivity contribution in [1.82, 2.24) is 0 Å². The quantitative estimate of drug-likeness (QED) is 0.204. The maximum Gasteiger partial charge on any atom is 0.514 e. The molecule has 1 aromatic rings. The number of rotatable bonds is 5. The molecule has 3 saturated carbocycles. The highest BCUT2D eigenvalue weighted by atomic mass is 35.5. The summed E-state index contributed by atoms with van der Waals surface area (Å²) in [7, 11) is -0.604. The van der Waals surface area contributed by atoms with Crippen molar-refractivity contribution < 1.29 is 33.1 Å². The summed E-state index contributed by atoms with van der Waals surface area (Å²) < 4.78 is 29.3. The Hall–Kier alpha value is -1.77. The Bertz CT molecular complexity index is 1020. The number of carbonyl (C=O) groups is 2. The fraction of sp³-hybridized carbons (Fsp3) is 0.704. The first-order valence-electron chi connectivity index (χ1n) is 12.8. The lowest BCUT2D eigenvalue weighted by Gasteiger charge is -2.58. The summed E-state index contributed by atoms with van der Waals surface area (Å²) in [5.41, 5.74) is -1.14. The Morgan fingerprint density at radius 3 is 2.42 bits per heavy atom. The molecule has 1 aliphatic heterocycles. The van der Waals surface area contributed by atoms with Crippen molar-refractivity contribution in [3.8, 4) is 5.75 Å². The summed E-state index contributed by atoms with van der Waals surface area (Å²) in [5.74, 6) is 1.25. The van der Waals surface area contributed by atoms with E-state index in [0.717, 1.165) is 6.42 Å². The number of hydrogen-bond donors (Lipinski definition) is 0. The SMILES string of the molecule is CC1C2CC3OB(C(Cl)Cc4cccc(C(=O)OC(C)(C)C)c4OC(=O)OC(C)(C)C)OC3(C)C1C2. The first kappa shape index (κ1) is 27.3. The lowest BCUT2D eigenvalue weighted by Crippen LogP contribution is -2.60.